The van der Waals surface area contributed by atoms with Crippen LogP contribution in [-0.4, -0.2) is 75.3 Å². The fraction of sp³-hybridized carbons (Fsp3) is 0.571. The highest BCUT2D eigenvalue weighted by Crippen LogP contribution is 2.23. The Morgan fingerprint density at radius 2 is 1.84 bits per heavy atom. The van der Waals surface area contributed by atoms with E-state index in [0.717, 1.165) is 12.8 Å². The number of nitrogens with zero attached hydrogens (tertiary/aromatic N) is 2. The smallest absolute Gasteiger partial charge is 0.309 e. The van der Waals surface area contributed by atoms with E-state index >= 15 is 0 Å². The summed E-state index contributed by atoms with van der Waals surface area (Å²) in [4.78, 5) is 40.2. The third-order valence-corrected chi connectivity index (χ3v) is 7.00. The van der Waals surface area contributed by atoms with Gasteiger partial charge in [0.2, 0.25) is 15.9 Å². The minimum atomic E-state index is -3.67. The zero-order valence-corrected chi connectivity index (χ0v) is 18.7. The lowest BCUT2D eigenvalue weighted by atomic mass is 9.97. The van der Waals surface area contributed by atoms with E-state index in [1.165, 1.54) is 36.2 Å². The maximum atomic E-state index is 12.8. The molecule has 0 atom stereocenters. The van der Waals surface area contributed by atoms with Gasteiger partial charge in [-0.2, -0.15) is 0 Å². The predicted octanol–water partition coefficient (Wildman–Crippen LogP) is 1.00. The summed E-state index contributed by atoms with van der Waals surface area (Å²) in [5.41, 5.74) is 0.204. The van der Waals surface area contributed by atoms with Gasteiger partial charge in [0, 0.05) is 31.7 Å². The number of carbonyl (C=O) groups excluding carboxylic acids is 3. The summed E-state index contributed by atoms with van der Waals surface area (Å²) in [6.07, 6.45) is 2.71. The zero-order chi connectivity index (χ0) is 22.6. The number of carbonyl (C=O) groups is 3. The molecule has 0 bridgehead atoms. The molecule has 0 spiro atoms. The number of hydrogen-bond donors (Lipinski definition) is 1. The van der Waals surface area contributed by atoms with E-state index in [-0.39, 0.29) is 40.8 Å². The quantitative estimate of drug-likeness (QED) is 0.590. The van der Waals surface area contributed by atoms with Gasteiger partial charge in [-0.3, -0.25) is 14.4 Å². The van der Waals surface area contributed by atoms with Crippen molar-refractivity contribution in [3.8, 4) is 0 Å². The van der Waals surface area contributed by atoms with Crippen molar-refractivity contribution in [3.05, 3.63) is 29.8 Å². The molecule has 1 saturated carbocycles. The van der Waals surface area contributed by atoms with Crippen molar-refractivity contribution < 1.29 is 27.5 Å². The number of benzene rings is 1. The number of likely N-dealkylation sites (N-methyl/N-ethyl adjacent to an activating group) is 1. The number of nitrogens with one attached hydrogen (secondary N) is 1. The Kier molecular flexibility index (Phi) is 7.32. The molecule has 2 aliphatic rings. The van der Waals surface area contributed by atoms with Crippen LogP contribution < -0.4 is 4.72 Å². The molecule has 31 heavy (non-hydrogen) atoms. The molecule has 1 aromatic rings. The van der Waals surface area contributed by atoms with Crippen LogP contribution in [0.1, 0.15) is 43.0 Å². The molecule has 0 aromatic heterocycles. The summed E-state index contributed by atoms with van der Waals surface area (Å²) in [7, 11) is -2.16. The first kappa shape index (κ1) is 23.2. The first-order chi connectivity index (χ1) is 14.7. The maximum Gasteiger partial charge on any atom is 0.309 e. The first-order valence-electron chi connectivity index (χ1n) is 10.5. The van der Waals surface area contributed by atoms with E-state index in [0.29, 0.717) is 32.5 Å². The van der Waals surface area contributed by atoms with Crippen LogP contribution in [-0.2, 0) is 24.3 Å². The topological polar surface area (TPSA) is 113 Å². The average Bonchev–Trinajstić information content (AvgIpc) is 3.56. The molecule has 2 amide bonds. The van der Waals surface area contributed by atoms with Crippen LogP contribution in [0.3, 0.4) is 0 Å². The molecule has 10 heteroatoms. The Balaban J connectivity index is 1.56. The summed E-state index contributed by atoms with van der Waals surface area (Å²) < 4.78 is 32.4. The van der Waals surface area contributed by atoms with Gasteiger partial charge in [-0.15, -0.1) is 0 Å². The van der Waals surface area contributed by atoms with E-state index in [4.69, 9.17) is 4.74 Å². The normalized spacial score (nSPS) is 17.3. The minimum Gasteiger partial charge on any atom is -0.466 e. The molecule has 0 radical (unpaired) electrons. The number of likely N-dealkylation sites (tertiary alicyclic amines) is 1. The van der Waals surface area contributed by atoms with Crippen LogP contribution in [0.25, 0.3) is 0 Å². The number of rotatable bonds is 8. The standard InChI is InChI=1S/C21H29N3O6S/c1-3-30-21(27)15-9-11-24(12-10-15)19(25)14-23(2)20(26)16-5-4-6-18(13-16)31(28,29)22-17-7-8-17/h4-6,13,15,17,22H,3,7-12,14H2,1-2H3. The van der Waals surface area contributed by atoms with Crippen LogP contribution >= 0.6 is 0 Å². The summed E-state index contributed by atoms with van der Waals surface area (Å²) in [6.45, 7) is 2.85. The van der Waals surface area contributed by atoms with Gasteiger partial charge in [0.05, 0.1) is 24.0 Å². The van der Waals surface area contributed by atoms with Crippen molar-refractivity contribution in [3.63, 3.8) is 0 Å². The van der Waals surface area contributed by atoms with Crippen molar-refractivity contribution in [2.45, 2.75) is 43.5 Å². The molecule has 1 aliphatic heterocycles. The van der Waals surface area contributed by atoms with E-state index < -0.39 is 15.9 Å². The Morgan fingerprint density at radius 3 is 2.45 bits per heavy atom. The highest BCUT2D eigenvalue weighted by atomic mass is 32.2. The molecule has 170 valence electrons. The Hall–Kier alpha value is -2.46. The molecule has 1 N–H and O–H groups in total. The molecular weight excluding hydrogens is 422 g/mol. The predicted molar refractivity (Wildman–Crippen MR) is 113 cm³/mol. The molecule has 1 aromatic carbocycles. The molecule has 3 rings (SSSR count). The molecule has 2 fully saturated rings. The van der Waals surface area contributed by atoms with Gasteiger partial charge in [0.15, 0.2) is 0 Å². The number of hydrogen-bond acceptors (Lipinski definition) is 6. The van der Waals surface area contributed by atoms with E-state index in [2.05, 4.69) is 4.72 Å². The van der Waals surface area contributed by atoms with E-state index in [1.807, 2.05) is 0 Å². The minimum absolute atomic E-state index is 0.0300. The Morgan fingerprint density at radius 1 is 1.16 bits per heavy atom. The highest BCUT2D eigenvalue weighted by molar-refractivity contribution is 7.89. The van der Waals surface area contributed by atoms with Gasteiger partial charge in [-0.05, 0) is 50.8 Å². The lowest BCUT2D eigenvalue weighted by Gasteiger charge is -2.32. The van der Waals surface area contributed by atoms with Gasteiger partial charge in [0.1, 0.15) is 0 Å². The van der Waals surface area contributed by atoms with Gasteiger partial charge >= 0.3 is 5.97 Å². The molecule has 1 saturated heterocycles. The summed E-state index contributed by atoms with van der Waals surface area (Å²) >= 11 is 0. The van der Waals surface area contributed by atoms with E-state index in [9.17, 15) is 22.8 Å². The fourth-order valence-electron chi connectivity index (χ4n) is 3.50. The summed E-state index contributed by atoms with van der Waals surface area (Å²) in [5, 5.41) is 0. The molecular formula is C21H29N3O6S. The van der Waals surface area contributed by atoms with Crippen molar-refractivity contribution in [1.82, 2.24) is 14.5 Å². The lowest BCUT2D eigenvalue weighted by Crippen LogP contribution is -2.45. The van der Waals surface area contributed by atoms with Crippen molar-refractivity contribution in [1.29, 1.82) is 0 Å². The van der Waals surface area contributed by atoms with Crippen LogP contribution in [0, 0.1) is 5.92 Å². The van der Waals surface area contributed by atoms with E-state index in [1.54, 1.807) is 11.8 Å². The molecule has 9 nitrogen and oxygen atoms in total. The largest absolute Gasteiger partial charge is 0.466 e. The van der Waals surface area contributed by atoms with Crippen LogP contribution in [0.15, 0.2) is 29.2 Å². The Bertz CT molecular complexity index is 936. The highest BCUT2D eigenvalue weighted by Gasteiger charge is 2.30. The van der Waals surface area contributed by atoms with Crippen LogP contribution in [0.4, 0.5) is 0 Å². The average molecular weight is 452 g/mol. The fourth-order valence-corrected chi connectivity index (χ4v) is 4.86. The number of esters is 1. The monoisotopic (exact) mass is 451 g/mol. The maximum absolute atomic E-state index is 12.8. The van der Waals surface area contributed by atoms with Gasteiger partial charge in [-0.1, -0.05) is 6.07 Å². The van der Waals surface area contributed by atoms with Crippen molar-refractivity contribution in [2.75, 3.05) is 33.3 Å². The van der Waals surface area contributed by atoms with Crippen molar-refractivity contribution >= 4 is 27.8 Å². The lowest BCUT2D eigenvalue weighted by molar-refractivity contribution is -0.151. The second kappa shape index (κ2) is 9.78. The number of amides is 2. The van der Waals surface area contributed by atoms with Gasteiger partial charge in [-0.25, -0.2) is 13.1 Å². The SMILES string of the molecule is CCOC(=O)C1CCN(C(=O)CN(C)C(=O)c2cccc(S(=O)(=O)NC3CC3)c2)CC1. The second-order valence-electron chi connectivity index (χ2n) is 7.99. The Labute approximate surface area is 182 Å². The summed E-state index contributed by atoms with van der Waals surface area (Å²) in [6, 6.07) is 5.80. The zero-order valence-electron chi connectivity index (χ0n) is 17.9. The molecule has 1 aliphatic carbocycles. The van der Waals surface area contributed by atoms with Gasteiger partial charge < -0.3 is 14.5 Å². The number of ether oxygens (including phenoxy) is 1. The molecule has 0 unspecified atom stereocenters. The van der Waals surface area contributed by atoms with Gasteiger partial charge in [0.25, 0.3) is 5.91 Å². The number of piperidine rings is 1. The number of sulfonamides is 1. The molecule has 1 heterocycles. The third-order valence-electron chi connectivity index (χ3n) is 5.48. The van der Waals surface area contributed by atoms with Crippen LogP contribution in [0.2, 0.25) is 0 Å². The van der Waals surface area contributed by atoms with Crippen molar-refractivity contribution in [2.24, 2.45) is 5.92 Å². The first-order valence-corrected chi connectivity index (χ1v) is 12.0. The second-order valence-corrected chi connectivity index (χ2v) is 9.71. The summed E-state index contributed by atoms with van der Waals surface area (Å²) in [5.74, 6) is -1.07. The third kappa shape index (κ3) is 6.04. The van der Waals surface area contributed by atoms with Crippen LogP contribution in [0.5, 0.6) is 0 Å².